The molecule has 36 heavy (non-hydrogen) atoms. The highest BCUT2D eigenvalue weighted by Crippen LogP contribution is 2.39. The average Bonchev–Trinajstić information content (AvgIpc) is 3.37. The van der Waals surface area contributed by atoms with E-state index in [4.69, 9.17) is 5.11 Å². The summed E-state index contributed by atoms with van der Waals surface area (Å²) in [5, 5.41) is 8.98. The molecule has 0 bridgehead atoms. The fourth-order valence-corrected chi connectivity index (χ4v) is 6.05. The van der Waals surface area contributed by atoms with Crippen molar-refractivity contribution < 1.29 is 14.7 Å². The molecule has 1 N–H and O–H groups in total. The third kappa shape index (κ3) is 5.09. The topological polar surface area (TPSA) is 70.5 Å². The lowest BCUT2D eigenvalue weighted by Gasteiger charge is -2.45. The third-order valence-corrected chi connectivity index (χ3v) is 7.91. The quantitative estimate of drug-likeness (QED) is 0.211. The molecule has 1 aliphatic rings. The smallest absolute Gasteiger partial charge is 0.328 e. The molecule has 3 aromatic carbocycles. The number of fused-ring (bicyclic) bond motifs is 1. The number of thiazole rings is 1. The van der Waals surface area contributed by atoms with Gasteiger partial charge in [-0.15, -0.1) is 11.3 Å². The van der Waals surface area contributed by atoms with E-state index < -0.39 is 5.97 Å². The second-order valence-electron chi connectivity index (χ2n) is 9.44. The second kappa shape index (κ2) is 10.5. The largest absolute Gasteiger partial charge is 0.478 e. The molecule has 1 aliphatic carbocycles. The van der Waals surface area contributed by atoms with Crippen molar-refractivity contribution in [3.63, 3.8) is 0 Å². The van der Waals surface area contributed by atoms with Crippen LogP contribution < -0.4 is 4.90 Å². The first-order chi connectivity index (χ1) is 17.6. The molecule has 0 saturated heterocycles. The van der Waals surface area contributed by atoms with Crippen LogP contribution in [0.1, 0.15) is 43.2 Å². The Bertz CT molecular complexity index is 1400. The number of carboxylic acid groups (broad SMARTS) is 1. The zero-order chi connectivity index (χ0) is 25.0. The second-order valence-corrected chi connectivity index (χ2v) is 10.3. The summed E-state index contributed by atoms with van der Waals surface area (Å²) in [6.07, 6.45) is 9.61. The van der Waals surface area contributed by atoms with Gasteiger partial charge in [0.2, 0.25) is 6.41 Å². The average molecular weight is 497 g/mol. The molecular formula is C30H28N2O3S. The molecule has 1 heterocycles. The summed E-state index contributed by atoms with van der Waals surface area (Å²) >= 11 is 1.65. The fourth-order valence-electron chi connectivity index (χ4n) is 5.33. The first kappa shape index (κ1) is 23.9. The van der Waals surface area contributed by atoms with Gasteiger partial charge in [0.25, 0.3) is 0 Å². The molecule has 0 radical (unpaired) electrons. The van der Waals surface area contributed by atoms with Crippen molar-refractivity contribution in [3.05, 3.63) is 89.4 Å². The van der Waals surface area contributed by atoms with Crippen LogP contribution in [0, 0.1) is 0 Å². The molecule has 1 saturated carbocycles. The maximum absolute atomic E-state index is 12.5. The van der Waals surface area contributed by atoms with Gasteiger partial charge in [0.05, 0.1) is 21.3 Å². The minimum Gasteiger partial charge on any atom is -0.478 e. The molecule has 4 aromatic rings. The Kier molecular flexibility index (Phi) is 6.96. The van der Waals surface area contributed by atoms with Crippen LogP contribution in [0.4, 0.5) is 5.69 Å². The molecule has 5 rings (SSSR count). The fraction of sp³-hybridized carbons (Fsp3) is 0.233. The van der Waals surface area contributed by atoms with Crippen molar-refractivity contribution >= 4 is 45.7 Å². The Morgan fingerprint density at radius 1 is 1.00 bits per heavy atom. The van der Waals surface area contributed by atoms with Crippen LogP contribution in [0.5, 0.6) is 0 Å². The molecule has 0 unspecified atom stereocenters. The van der Waals surface area contributed by atoms with E-state index >= 15 is 0 Å². The number of hydrogen-bond donors (Lipinski definition) is 1. The first-order valence-electron chi connectivity index (χ1n) is 12.2. The number of carbonyl (C=O) groups excluding carboxylic acids is 1. The van der Waals surface area contributed by atoms with E-state index in [9.17, 15) is 9.59 Å². The van der Waals surface area contributed by atoms with Gasteiger partial charge in [0.15, 0.2) is 0 Å². The number of hydrogen-bond acceptors (Lipinski definition) is 4. The summed E-state index contributed by atoms with van der Waals surface area (Å²) in [6, 6.07) is 22.6. The van der Waals surface area contributed by atoms with E-state index in [1.165, 1.54) is 22.2 Å². The zero-order valence-corrected chi connectivity index (χ0v) is 20.8. The lowest BCUT2D eigenvalue weighted by Crippen LogP contribution is -2.51. The highest BCUT2D eigenvalue weighted by molar-refractivity contribution is 7.16. The molecule has 0 atom stereocenters. The van der Waals surface area contributed by atoms with Crippen molar-refractivity contribution in [2.75, 3.05) is 4.90 Å². The van der Waals surface area contributed by atoms with Gasteiger partial charge in [0, 0.05) is 11.8 Å². The maximum atomic E-state index is 12.5. The predicted molar refractivity (Wildman–Crippen MR) is 146 cm³/mol. The lowest BCUT2D eigenvalue weighted by atomic mass is 9.76. The molecule has 1 aromatic heterocycles. The Morgan fingerprint density at radius 3 is 2.53 bits per heavy atom. The van der Waals surface area contributed by atoms with Crippen LogP contribution >= 0.6 is 11.3 Å². The van der Waals surface area contributed by atoms with Crippen LogP contribution in [-0.2, 0) is 16.0 Å². The summed E-state index contributed by atoms with van der Waals surface area (Å²) in [5.74, 6) is -0.994. The highest BCUT2D eigenvalue weighted by atomic mass is 32.1. The Balaban J connectivity index is 1.43. The van der Waals surface area contributed by atoms with Crippen LogP contribution in [0.15, 0.2) is 78.3 Å². The third-order valence-electron chi connectivity index (χ3n) is 7.12. The van der Waals surface area contributed by atoms with Gasteiger partial charge < -0.3 is 10.0 Å². The van der Waals surface area contributed by atoms with Gasteiger partial charge in [0.1, 0.15) is 0 Å². The van der Waals surface area contributed by atoms with Gasteiger partial charge in [-0.1, -0.05) is 61.7 Å². The van der Waals surface area contributed by atoms with Crippen LogP contribution in [0.2, 0.25) is 0 Å². The van der Waals surface area contributed by atoms with Crippen molar-refractivity contribution in [1.82, 2.24) is 4.98 Å². The first-order valence-corrected chi connectivity index (χ1v) is 13.1. The van der Waals surface area contributed by atoms with Crippen molar-refractivity contribution in [2.45, 2.75) is 44.1 Å². The molecule has 182 valence electrons. The van der Waals surface area contributed by atoms with Gasteiger partial charge >= 0.3 is 5.97 Å². The molecule has 5 nitrogen and oxygen atoms in total. The monoisotopic (exact) mass is 496 g/mol. The summed E-state index contributed by atoms with van der Waals surface area (Å²) in [4.78, 5) is 29.7. The van der Waals surface area contributed by atoms with E-state index in [0.29, 0.717) is 0 Å². The van der Waals surface area contributed by atoms with Crippen LogP contribution in [0.3, 0.4) is 0 Å². The summed E-state index contributed by atoms with van der Waals surface area (Å²) in [5.41, 5.74) is 7.69. The minimum atomic E-state index is -0.994. The maximum Gasteiger partial charge on any atom is 0.328 e. The number of amides is 1. The molecular weight excluding hydrogens is 468 g/mol. The number of aromatic nitrogens is 1. The summed E-state index contributed by atoms with van der Waals surface area (Å²) in [7, 11) is 0. The predicted octanol–water partition coefficient (Wildman–Crippen LogP) is 6.97. The summed E-state index contributed by atoms with van der Waals surface area (Å²) < 4.78 is 1.18. The van der Waals surface area contributed by atoms with Gasteiger partial charge in [-0.2, -0.15) is 0 Å². The number of carbonyl (C=O) groups is 2. The Hall–Kier alpha value is -3.77. The van der Waals surface area contributed by atoms with Gasteiger partial charge in [-0.25, -0.2) is 9.78 Å². The van der Waals surface area contributed by atoms with Gasteiger partial charge in [-0.05, 0) is 71.9 Å². The van der Waals surface area contributed by atoms with E-state index in [0.717, 1.165) is 66.9 Å². The minimum absolute atomic E-state index is 0.307. The van der Waals surface area contributed by atoms with Crippen LogP contribution in [0.25, 0.3) is 27.4 Å². The highest BCUT2D eigenvalue weighted by Gasteiger charge is 2.38. The SMILES string of the molecule is O=CN(c1cccc(/C=C/C(=O)O)c1)C1(Cc2ccc(-c3ccc4ncsc4c3)cc2)CCCCC1. The van der Waals surface area contributed by atoms with Crippen LogP contribution in [-0.4, -0.2) is 28.0 Å². The number of benzene rings is 3. The van der Waals surface area contributed by atoms with Gasteiger partial charge in [-0.3, -0.25) is 4.79 Å². The number of aliphatic carboxylic acids is 1. The van der Waals surface area contributed by atoms with E-state index in [1.54, 1.807) is 17.4 Å². The van der Waals surface area contributed by atoms with E-state index in [1.807, 2.05) is 34.7 Å². The number of anilines is 1. The lowest BCUT2D eigenvalue weighted by molar-refractivity contribution is -0.131. The molecule has 1 fully saturated rings. The molecule has 0 spiro atoms. The number of carboxylic acids is 1. The molecule has 0 aliphatic heterocycles. The van der Waals surface area contributed by atoms with Crippen molar-refractivity contribution in [3.8, 4) is 11.1 Å². The zero-order valence-electron chi connectivity index (χ0n) is 20.0. The van der Waals surface area contributed by atoms with Crippen molar-refractivity contribution in [1.29, 1.82) is 0 Å². The Morgan fingerprint density at radius 2 is 1.78 bits per heavy atom. The number of nitrogens with zero attached hydrogens (tertiary/aromatic N) is 2. The van der Waals surface area contributed by atoms with E-state index in [-0.39, 0.29) is 5.54 Å². The molecule has 1 amide bonds. The number of rotatable bonds is 8. The summed E-state index contributed by atoms with van der Waals surface area (Å²) in [6.45, 7) is 0. The van der Waals surface area contributed by atoms with Crippen molar-refractivity contribution in [2.24, 2.45) is 0 Å². The standard InChI is InChI=1S/C30H28N2O3S/c33-21-32(26-6-4-5-22(17-26)9-14-29(34)35)30(15-2-1-3-16-30)19-23-7-10-24(11-8-23)25-12-13-27-28(18-25)36-20-31-27/h4-14,17-18,20-21H,1-3,15-16,19H2,(H,34,35)/b14-9+. The van der Waals surface area contributed by atoms with E-state index in [2.05, 4.69) is 47.4 Å². The Labute approximate surface area is 214 Å². The molecule has 6 heteroatoms. The normalized spacial score (nSPS) is 15.2.